The molecule has 0 aliphatic heterocycles. The van der Waals surface area contributed by atoms with Gasteiger partial charge in [-0.2, -0.15) is 0 Å². The topological polar surface area (TPSA) is 17.1 Å². The van der Waals surface area contributed by atoms with Crippen LogP contribution in [0.3, 0.4) is 0 Å². The van der Waals surface area contributed by atoms with E-state index in [2.05, 4.69) is 0 Å². The molecule has 4 heteroatoms. The van der Waals surface area contributed by atoms with Gasteiger partial charge in [0.15, 0.2) is 0 Å². The maximum Gasteiger partial charge on any atom is 0.147 e. The monoisotopic (exact) mass is 218 g/mol. The van der Waals surface area contributed by atoms with E-state index in [9.17, 15) is 13.6 Å². The first-order chi connectivity index (χ1) is 6.66. The van der Waals surface area contributed by atoms with Crippen molar-refractivity contribution in [3.63, 3.8) is 0 Å². The van der Waals surface area contributed by atoms with E-state index >= 15 is 0 Å². The summed E-state index contributed by atoms with van der Waals surface area (Å²) >= 11 is 5.49. The third-order valence-corrected chi connectivity index (χ3v) is 2.18. The van der Waals surface area contributed by atoms with Gasteiger partial charge in [0.05, 0.1) is 5.02 Å². The van der Waals surface area contributed by atoms with Crippen molar-refractivity contribution in [2.24, 2.45) is 0 Å². The molecular formula is C10H9ClF2O. The Bertz CT molecular complexity index is 339. The third-order valence-electron chi connectivity index (χ3n) is 1.89. The minimum atomic E-state index is -0.724. The lowest BCUT2D eigenvalue weighted by Crippen LogP contribution is -1.97. The fourth-order valence-corrected chi connectivity index (χ4v) is 1.34. The average molecular weight is 219 g/mol. The van der Waals surface area contributed by atoms with Crippen molar-refractivity contribution in [2.45, 2.75) is 19.3 Å². The van der Waals surface area contributed by atoms with Gasteiger partial charge < -0.3 is 4.79 Å². The molecule has 0 aromatic heterocycles. The molecule has 0 bridgehead atoms. The molecule has 0 aliphatic rings. The summed E-state index contributed by atoms with van der Waals surface area (Å²) in [6, 6.07) is 2.30. The molecule has 1 aromatic rings. The van der Waals surface area contributed by atoms with Gasteiger partial charge in [0.2, 0.25) is 0 Å². The van der Waals surface area contributed by atoms with Gasteiger partial charge in [0.25, 0.3) is 0 Å². The molecule has 14 heavy (non-hydrogen) atoms. The Labute approximate surface area is 85.7 Å². The van der Waals surface area contributed by atoms with Crippen LogP contribution in [0.1, 0.15) is 18.4 Å². The molecule has 0 unspecified atom stereocenters. The first kappa shape index (κ1) is 11.1. The standard InChI is InChI=1S/C10H9ClF2O/c11-8-4-5-9(12)7(10(8)13)3-1-2-6-14/h4-6H,1-3H2. The zero-order valence-corrected chi connectivity index (χ0v) is 8.15. The summed E-state index contributed by atoms with van der Waals surface area (Å²) < 4.78 is 26.3. The number of hydrogen-bond donors (Lipinski definition) is 0. The summed E-state index contributed by atoms with van der Waals surface area (Å²) in [6.07, 6.45) is 1.64. The van der Waals surface area contributed by atoms with E-state index in [0.29, 0.717) is 12.8 Å². The Balaban J connectivity index is 2.83. The van der Waals surface area contributed by atoms with E-state index < -0.39 is 11.6 Å². The van der Waals surface area contributed by atoms with Crippen LogP contribution in [0.4, 0.5) is 8.78 Å². The van der Waals surface area contributed by atoms with Crippen LogP contribution in [0.15, 0.2) is 12.1 Å². The molecule has 0 fully saturated rings. The first-order valence-corrected chi connectivity index (χ1v) is 4.60. The number of aldehydes is 1. The molecule has 0 heterocycles. The molecule has 76 valence electrons. The van der Waals surface area contributed by atoms with Crippen molar-refractivity contribution in [1.82, 2.24) is 0 Å². The van der Waals surface area contributed by atoms with Crippen LogP contribution in [-0.4, -0.2) is 6.29 Å². The molecule has 0 radical (unpaired) electrons. The van der Waals surface area contributed by atoms with E-state index in [1.807, 2.05) is 0 Å². The van der Waals surface area contributed by atoms with E-state index in [0.717, 1.165) is 12.4 Å². The highest BCUT2D eigenvalue weighted by atomic mass is 35.5. The number of benzene rings is 1. The maximum atomic E-state index is 13.2. The summed E-state index contributed by atoms with van der Waals surface area (Å²) in [7, 11) is 0. The SMILES string of the molecule is O=CCCCc1c(F)ccc(Cl)c1F. The Morgan fingerprint density at radius 2 is 2.07 bits per heavy atom. The molecule has 0 atom stereocenters. The molecular weight excluding hydrogens is 210 g/mol. The van der Waals surface area contributed by atoms with Gasteiger partial charge in [-0.1, -0.05) is 11.6 Å². The summed E-state index contributed by atoms with van der Waals surface area (Å²) in [5, 5.41) is -0.0903. The van der Waals surface area contributed by atoms with E-state index in [1.165, 1.54) is 6.07 Å². The zero-order chi connectivity index (χ0) is 10.6. The Morgan fingerprint density at radius 1 is 1.36 bits per heavy atom. The van der Waals surface area contributed by atoms with Crippen molar-refractivity contribution >= 4 is 17.9 Å². The Kier molecular flexibility index (Phi) is 4.01. The van der Waals surface area contributed by atoms with E-state index in [-0.39, 0.29) is 17.0 Å². The molecule has 1 nitrogen and oxygen atoms in total. The van der Waals surface area contributed by atoms with Crippen LogP contribution in [-0.2, 0) is 11.2 Å². The second kappa shape index (κ2) is 5.05. The van der Waals surface area contributed by atoms with Crippen LogP contribution in [0, 0.1) is 11.6 Å². The first-order valence-electron chi connectivity index (χ1n) is 4.23. The van der Waals surface area contributed by atoms with E-state index in [4.69, 9.17) is 11.6 Å². The summed E-state index contributed by atoms with van der Waals surface area (Å²) in [6.45, 7) is 0. The number of hydrogen-bond acceptors (Lipinski definition) is 1. The largest absolute Gasteiger partial charge is 0.303 e. The smallest absolute Gasteiger partial charge is 0.147 e. The second-order valence-electron chi connectivity index (χ2n) is 2.88. The summed E-state index contributed by atoms with van der Waals surface area (Å²) in [5.74, 6) is -1.34. The van der Waals surface area contributed by atoms with E-state index in [1.54, 1.807) is 0 Å². The lowest BCUT2D eigenvalue weighted by molar-refractivity contribution is -0.107. The molecule has 1 aromatic carbocycles. The summed E-state index contributed by atoms with van der Waals surface area (Å²) in [4.78, 5) is 10.0. The lowest BCUT2D eigenvalue weighted by atomic mass is 10.1. The van der Waals surface area contributed by atoms with Gasteiger partial charge in [-0.25, -0.2) is 8.78 Å². The minimum Gasteiger partial charge on any atom is -0.303 e. The maximum absolute atomic E-state index is 13.2. The highest BCUT2D eigenvalue weighted by Crippen LogP contribution is 2.22. The number of unbranched alkanes of at least 4 members (excludes halogenated alkanes) is 1. The Morgan fingerprint density at radius 3 is 2.71 bits per heavy atom. The average Bonchev–Trinajstić information content (AvgIpc) is 2.18. The number of rotatable bonds is 4. The number of carbonyl (C=O) groups excluding carboxylic acids is 1. The van der Waals surface area contributed by atoms with Gasteiger partial charge in [0.1, 0.15) is 17.9 Å². The van der Waals surface area contributed by atoms with Gasteiger partial charge in [-0.15, -0.1) is 0 Å². The number of halogens is 3. The second-order valence-corrected chi connectivity index (χ2v) is 3.29. The highest BCUT2D eigenvalue weighted by molar-refractivity contribution is 6.30. The fourth-order valence-electron chi connectivity index (χ4n) is 1.16. The molecule has 1 rings (SSSR count). The molecule has 0 spiro atoms. The molecule has 0 saturated heterocycles. The van der Waals surface area contributed by atoms with Gasteiger partial charge >= 0.3 is 0 Å². The minimum absolute atomic E-state index is 0.0423. The van der Waals surface area contributed by atoms with Crippen molar-refractivity contribution < 1.29 is 13.6 Å². The van der Waals surface area contributed by atoms with Crippen LogP contribution in [0.2, 0.25) is 5.02 Å². The van der Waals surface area contributed by atoms with Crippen LogP contribution >= 0.6 is 11.6 Å². The van der Waals surface area contributed by atoms with Crippen molar-refractivity contribution in [2.75, 3.05) is 0 Å². The summed E-state index contributed by atoms with van der Waals surface area (Å²) in [5.41, 5.74) is -0.0423. The van der Waals surface area contributed by atoms with Gasteiger partial charge in [-0.3, -0.25) is 0 Å². The predicted octanol–water partition coefficient (Wildman–Crippen LogP) is 3.14. The van der Waals surface area contributed by atoms with Crippen molar-refractivity contribution in [3.05, 3.63) is 34.4 Å². The van der Waals surface area contributed by atoms with Gasteiger partial charge in [0, 0.05) is 12.0 Å². The predicted molar refractivity (Wildman–Crippen MR) is 50.4 cm³/mol. The lowest BCUT2D eigenvalue weighted by Gasteiger charge is -2.04. The number of carbonyl (C=O) groups is 1. The Hall–Kier alpha value is -0.960. The molecule has 0 aliphatic carbocycles. The molecule has 0 saturated carbocycles. The van der Waals surface area contributed by atoms with Gasteiger partial charge in [-0.05, 0) is 25.0 Å². The fraction of sp³-hybridized carbons (Fsp3) is 0.300. The van der Waals surface area contributed by atoms with Crippen LogP contribution < -0.4 is 0 Å². The quantitative estimate of drug-likeness (QED) is 0.431. The van der Waals surface area contributed by atoms with Crippen molar-refractivity contribution in [1.29, 1.82) is 0 Å². The van der Waals surface area contributed by atoms with Crippen LogP contribution in [0.25, 0.3) is 0 Å². The highest BCUT2D eigenvalue weighted by Gasteiger charge is 2.11. The normalized spacial score (nSPS) is 10.2. The van der Waals surface area contributed by atoms with Crippen LogP contribution in [0.5, 0.6) is 0 Å². The third kappa shape index (κ3) is 2.51. The zero-order valence-electron chi connectivity index (χ0n) is 7.40. The molecule has 0 amide bonds. The molecule has 0 N–H and O–H groups in total. The van der Waals surface area contributed by atoms with Crippen molar-refractivity contribution in [3.8, 4) is 0 Å².